The number of nitrogens with zero attached hydrogens (tertiary/aromatic N) is 2. The Morgan fingerprint density at radius 1 is 1.40 bits per heavy atom. The van der Waals surface area contributed by atoms with E-state index in [1.54, 1.807) is 44.2 Å². The number of carbonyl (C=O) groups excluding carboxylic acids is 1. The highest BCUT2D eigenvalue weighted by Gasteiger charge is 2.25. The van der Waals surface area contributed by atoms with E-state index in [1.165, 1.54) is 6.92 Å². The summed E-state index contributed by atoms with van der Waals surface area (Å²) in [5, 5.41) is 20.0. The molecule has 0 aliphatic rings. The maximum absolute atomic E-state index is 12.6. The second kappa shape index (κ2) is 7.41. The topological polar surface area (TPSA) is 92.3 Å². The first-order valence-electron chi connectivity index (χ1n) is 7.58. The number of benzene rings is 1. The van der Waals surface area contributed by atoms with Crippen LogP contribution < -0.4 is 10.3 Å². The van der Waals surface area contributed by atoms with Crippen LogP contribution >= 0.6 is 11.6 Å². The van der Waals surface area contributed by atoms with Crippen molar-refractivity contribution in [1.82, 2.24) is 4.57 Å². The molecule has 0 unspecified atom stereocenters. The summed E-state index contributed by atoms with van der Waals surface area (Å²) in [6, 6.07) is 8.05. The number of carbonyl (C=O) groups is 1. The Bertz CT molecular complexity index is 926. The average molecular weight is 361 g/mol. The van der Waals surface area contributed by atoms with Crippen LogP contribution in [0.15, 0.2) is 29.1 Å². The maximum Gasteiger partial charge on any atom is 0.271 e. The molecular formula is C18H17ClN2O4. The molecule has 7 heteroatoms. The number of pyridine rings is 1. The van der Waals surface area contributed by atoms with Crippen molar-refractivity contribution in [2.75, 3.05) is 6.61 Å². The number of aromatic nitrogens is 1. The van der Waals surface area contributed by atoms with Crippen molar-refractivity contribution in [3.8, 4) is 17.7 Å². The number of ether oxygens (including phenoxy) is 1. The van der Waals surface area contributed by atoms with E-state index in [1.807, 2.05) is 0 Å². The van der Waals surface area contributed by atoms with Crippen LogP contribution in [-0.2, 0) is 0 Å². The van der Waals surface area contributed by atoms with Crippen molar-refractivity contribution in [1.29, 1.82) is 5.26 Å². The number of nitriles is 1. The van der Waals surface area contributed by atoms with Gasteiger partial charge in [-0.05, 0) is 38.5 Å². The molecule has 0 saturated heterocycles. The smallest absolute Gasteiger partial charge is 0.271 e. The van der Waals surface area contributed by atoms with Crippen LogP contribution in [0.5, 0.6) is 11.6 Å². The Morgan fingerprint density at radius 2 is 2.04 bits per heavy atom. The number of hydrogen-bond donors (Lipinski definition) is 1. The molecule has 0 aliphatic heterocycles. The molecular weight excluding hydrogens is 344 g/mol. The number of ketones is 1. The van der Waals surface area contributed by atoms with Gasteiger partial charge >= 0.3 is 0 Å². The first kappa shape index (κ1) is 18.6. The summed E-state index contributed by atoms with van der Waals surface area (Å²) >= 11 is 5.98. The minimum Gasteiger partial charge on any atom is -0.494 e. The van der Waals surface area contributed by atoms with Gasteiger partial charge in [0.05, 0.1) is 10.6 Å². The zero-order valence-electron chi connectivity index (χ0n) is 14.0. The fourth-order valence-corrected chi connectivity index (χ4v) is 2.70. The highest BCUT2D eigenvalue weighted by Crippen LogP contribution is 2.27. The van der Waals surface area contributed by atoms with E-state index in [4.69, 9.17) is 16.3 Å². The van der Waals surface area contributed by atoms with E-state index in [9.17, 15) is 20.0 Å². The summed E-state index contributed by atoms with van der Waals surface area (Å²) in [5.74, 6) is -0.697. The molecule has 0 fully saturated rings. The fourth-order valence-electron chi connectivity index (χ4n) is 2.51. The third kappa shape index (κ3) is 3.52. The molecule has 6 nitrogen and oxygen atoms in total. The molecule has 0 amide bonds. The van der Waals surface area contributed by atoms with Crippen molar-refractivity contribution >= 4 is 17.4 Å². The molecule has 0 atom stereocenters. The molecule has 0 saturated carbocycles. The Hall–Kier alpha value is -2.78. The van der Waals surface area contributed by atoms with E-state index in [0.29, 0.717) is 10.8 Å². The summed E-state index contributed by atoms with van der Waals surface area (Å²) in [7, 11) is 0. The molecule has 130 valence electrons. The summed E-state index contributed by atoms with van der Waals surface area (Å²) in [6.45, 7) is 4.41. The lowest BCUT2D eigenvalue weighted by molar-refractivity contribution is 0.0916. The van der Waals surface area contributed by atoms with Crippen molar-refractivity contribution in [3.63, 3.8) is 0 Å². The third-order valence-electron chi connectivity index (χ3n) is 3.74. The number of Topliss-reactive ketones (excluding diaryl/α,β-unsaturated/α-hetero) is 1. The molecule has 1 aromatic heterocycles. The summed E-state index contributed by atoms with van der Waals surface area (Å²) in [6.07, 6.45) is 0. The van der Waals surface area contributed by atoms with E-state index < -0.39 is 23.3 Å². The normalized spacial score (nSPS) is 10.6. The lowest BCUT2D eigenvalue weighted by atomic mass is 10.0. The predicted molar refractivity (Wildman–Crippen MR) is 93.5 cm³/mol. The third-order valence-corrected chi connectivity index (χ3v) is 4.05. The molecule has 0 bridgehead atoms. The van der Waals surface area contributed by atoms with E-state index in [0.717, 1.165) is 4.57 Å². The number of rotatable bonds is 5. The van der Waals surface area contributed by atoms with E-state index >= 15 is 0 Å². The van der Waals surface area contributed by atoms with Gasteiger partial charge in [0.2, 0.25) is 11.7 Å². The zero-order chi connectivity index (χ0) is 18.7. The van der Waals surface area contributed by atoms with Crippen LogP contribution in [0.1, 0.15) is 41.4 Å². The molecule has 1 N–H and O–H groups in total. The van der Waals surface area contributed by atoms with Gasteiger partial charge in [-0.2, -0.15) is 5.26 Å². The second-order valence-corrected chi connectivity index (χ2v) is 6.13. The van der Waals surface area contributed by atoms with E-state index in [2.05, 4.69) is 0 Å². The van der Waals surface area contributed by atoms with Gasteiger partial charge < -0.3 is 9.84 Å². The number of halogens is 1. The van der Waals surface area contributed by atoms with Gasteiger partial charge in [-0.25, -0.2) is 0 Å². The van der Waals surface area contributed by atoms with Gasteiger partial charge in [-0.15, -0.1) is 0 Å². The highest BCUT2D eigenvalue weighted by molar-refractivity contribution is 6.32. The molecule has 0 radical (unpaired) electrons. The molecule has 2 rings (SSSR count). The first-order valence-corrected chi connectivity index (χ1v) is 7.96. The SMILES string of the molecule is Cc1c(C(=O)COc2ccccc2Cl)c(O)n(C(C)C)c(=O)c1C#N. The van der Waals surface area contributed by atoms with E-state index in [-0.39, 0.29) is 23.3 Å². The van der Waals surface area contributed by atoms with Crippen LogP contribution in [-0.4, -0.2) is 22.1 Å². The van der Waals surface area contributed by atoms with Crippen LogP contribution in [0.3, 0.4) is 0 Å². The Labute approximate surface area is 149 Å². The van der Waals surface area contributed by atoms with Crippen molar-refractivity contribution < 1.29 is 14.6 Å². The summed E-state index contributed by atoms with van der Waals surface area (Å²) < 4.78 is 6.43. The fraction of sp³-hybridized carbons (Fsp3) is 0.278. The van der Waals surface area contributed by atoms with Crippen LogP contribution in [0.25, 0.3) is 0 Å². The zero-order valence-corrected chi connectivity index (χ0v) is 14.8. The Kier molecular flexibility index (Phi) is 5.50. The average Bonchev–Trinajstić information content (AvgIpc) is 2.54. The van der Waals surface area contributed by atoms with Gasteiger partial charge in [-0.3, -0.25) is 14.2 Å². The monoisotopic (exact) mass is 360 g/mol. The number of aromatic hydroxyl groups is 1. The summed E-state index contributed by atoms with van der Waals surface area (Å²) in [4.78, 5) is 24.9. The van der Waals surface area contributed by atoms with Gasteiger partial charge in [-0.1, -0.05) is 23.7 Å². The molecule has 1 aromatic carbocycles. The van der Waals surface area contributed by atoms with Gasteiger partial charge in [0.25, 0.3) is 5.56 Å². The molecule has 1 heterocycles. The minimum absolute atomic E-state index is 0.100. The molecule has 0 aliphatic carbocycles. The van der Waals surface area contributed by atoms with Crippen LogP contribution in [0.4, 0.5) is 0 Å². The van der Waals surface area contributed by atoms with Crippen LogP contribution in [0, 0.1) is 18.3 Å². The van der Waals surface area contributed by atoms with Crippen molar-refractivity contribution in [2.45, 2.75) is 26.8 Å². The quantitative estimate of drug-likeness (QED) is 0.826. The Morgan fingerprint density at radius 3 is 2.60 bits per heavy atom. The minimum atomic E-state index is -0.629. The second-order valence-electron chi connectivity index (χ2n) is 5.72. The molecule has 25 heavy (non-hydrogen) atoms. The van der Waals surface area contributed by atoms with Gasteiger partial charge in [0.1, 0.15) is 17.4 Å². The molecule has 2 aromatic rings. The number of hydrogen-bond acceptors (Lipinski definition) is 5. The maximum atomic E-state index is 12.6. The van der Waals surface area contributed by atoms with Crippen molar-refractivity contribution in [2.24, 2.45) is 0 Å². The van der Waals surface area contributed by atoms with Crippen molar-refractivity contribution in [3.05, 3.63) is 56.3 Å². The van der Waals surface area contributed by atoms with Gasteiger partial charge in [0, 0.05) is 6.04 Å². The molecule has 0 spiro atoms. The number of para-hydroxylation sites is 1. The van der Waals surface area contributed by atoms with Gasteiger partial charge in [0.15, 0.2) is 6.61 Å². The van der Waals surface area contributed by atoms with Crippen LogP contribution in [0.2, 0.25) is 5.02 Å². The largest absolute Gasteiger partial charge is 0.494 e. The first-order chi connectivity index (χ1) is 11.8. The predicted octanol–water partition coefficient (Wildman–Crippen LogP) is 3.23. The Balaban J connectivity index is 2.46. The lowest BCUT2D eigenvalue weighted by Crippen LogP contribution is -2.28. The standard InChI is InChI=1S/C18H17ClN2O4/c1-10(2)21-17(23)12(8-20)11(3)16(18(21)24)14(22)9-25-15-7-5-4-6-13(15)19/h4-7,10,24H,9H2,1-3H3. The summed E-state index contributed by atoms with van der Waals surface area (Å²) in [5.41, 5.74) is -0.768. The lowest BCUT2D eigenvalue weighted by Gasteiger charge is -2.18. The highest BCUT2D eigenvalue weighted by atomic mass is 35.5.